The van der Waals surface area contributed by atoms with Crippen LogP contribution in [-0.2, 0) is 20.7 Å². The monoisotopic (exact) mass is 462 g/mol. The van der Waals surface area contributed by atoms with Crippen molar-refractivity contribution < 1.29 is 24.1 Å². The number of para-hydroxylation sites is 1. The summed E-state index contributed by atoms with van der Waals surface area (Å²) in [7, 11) is 3.23. The van der Waals surface area contributed by atoms with Gasteiger partial charge in [0.25, 0.3) is 0 Å². The highest BCUT2D eigenvalue weighted by molar-refractivity contribution is 7.10. The van der Waals surface area contributed by atoms with Crippen molar-refractivity contribution in [2.45, 2.75) is 25.0 Å². The van der Waals surface area contributed by atoms with Crippen molar-refractivity contribution >= 4 is 17.2 Å². The van der Waals surface area contributed by atoms with E-state index < -0.39 is 6.10 Å². The van der Waals surface area contributed by atoms with Crippen molar-refractivity contribution in [1.82, 2.24) is 9.80 Å². The molecule has 1 aliphatic heterocycles. The summed E-state index contributed by atoms with van der Waals surface area (Å²) in [4.78, 5) is 18.7. The topological polar surface area (TPSA) is 71.5 Å². The third-order valence-corrected chi connectivity index (χ3v) is 6.57. The first-order chi connectivity index (χ1) is 15.6. The number of benzene rings is 1. The molecule has 0 unspecified atom stereocenters. The van der Waals surface area contributed by atoms with Crippen molar-refractivity contribution in [1.29, 1.82) is 0 Å². The number of carbonyl (C=O) groups is 1. The van der Waals surface area contributed by atoms with E-state index in [2.05, 4.69) is 11.4 Å². The first kappa shape index (κ1) is 24.7. The number of rotatable bonds is 13. The van der Waals surface area contributed by atoms with Gasteiger partial charge in [0.05, 0.1) is 25.3 Å². The highest BCUT2D eigenvalue weighted by Gasteiger charge is 2.33. The molecule has 1 aromatic heterocycles. The molecule has 3 rings (SSSR count). The molecule has 8 heteroatoms. The molecule has 1 aliphatic rings. The quantitative estimate of drug-likeness (QED) is 0.462. The summed E-state index contributed by atoms with van der Waals surface area (Å²) >= 11 is 1.74. The molecule has 2 atom stereocenters. The van der Waals surface area contributed by atoms with E-state index in [0.717, 1.165) is 18.6 Å². The molecular formula is C24H34N2O5S. The molecule has 0 aliphatic carbocycles. The first-order valence-electron chi connectivity index (χ1n) is 11.0. The summed E-state index contributed by atoms with van der Waals surface area (Å²) < 4.78 is 16.3. The molecule has 0 saturated heterocycles. The van der Waals surface area contributed by atoms with Crippen molar-refractivity contribution in [3.05, 3.63) is 52.2 Å². The molecule has 0 fully saturated rings. The molecule has 0 bridgehead atoms. The summed E-state index contributed by atoms with van der Waals surface area (Å²) in [5.41, 5.74) is 1.18. The lowest BCUT2D eigenvalue weighted by Crippen LogP contribution is -2.48. The largest absolute Gasteiger partial charge is 0.491 e. The van der Waals surface area contributed by atoms with Gasteiger partial charge in [0.1, 0.15) is 12.4 Å². The highest BCUT2D eigenvalue weighted by Crippen LogP contribution is 2.34. The van der Waals surface area contributed by atoms with Gasteiger partial charge in [0.15, 0.2) is 0 Å². The van der Waals surface area contributed by atoms with Gasteiger partial charge in [-0.3, -0.25) is 9.69 Å². The van der Waals surface area contributed by atoms with Gasteiger partial charge in [0, 0.05) is 45.3 Å². The fourth-order valence-corrected chi connectivity index (χ4v) is 4.99. The molecular weight excluding hydrogens is 428 g/mol. The van der Waals surface area contributed by atoms with Gasteiger partial charge in [-0.25, -0.2) is 0 Å². The lowest BCUT2D eigenvalue weighted by Gasteiger charge is -2.37. The number of aliphatic hydroxyl groups is 1. The van der Waals surface area contributed by atoms with Gasteiger partial charge in [-0.2, -0.15) is 0 Å². The molecule has 0 radical (unpaired) electrons. The van der Waals surface area contributed by atoms with E-state index in [1.165, 1.54) is 10.4 Å². The number of aliphatic hydroxyl groups excluding tert-OH is 1. The Labute approximate surface area is 194 Å². The maximum absolute atomic E-state index is 13.4. The van der Waals surface area contributed by atoms with Crippen LogP contribution in [0.2, 0.25) is 0 Å². The maximum Gasteiger partial charge on any atom is 0.237 e. The zero-order chi connectivity index (χ0) is 22.8. The Kier molecular flexibility index (Phi) is 9.95. The highest BCUT2D eigenvalue weighted by atomic mass is 32.1. The zero-order valence-corrected chi connectivity index (χ0v) is 19.8. The number of methoxy groups -OCH3 is 2. The van der Waals surface area contributed by atoms with Crippen LogP contribution in [0.1, 0.15) is 22.9 Å². The van der Waals surface area contributed by atoms with Crippen LogP contribution < -0.4 is 4.74 Å². The Morgan fingerprint density at radius 3 is 2.81 bits per heavy atom. The van der Waals surface area contributed by atoms with E-state index in [0.29, 0.717) is 32.8 Å². The number of hydrogen-bond acceptors (Lipinski definition) is 7. The molecule has 32 heavy (non-hydrogen) atoms. The summed E-state index contributed by atoms with van der Waals surface area (Å²) in [6, 6.07) is 11.7. The van der Waals surface area contributed by atoms with Gasteiger partial charge in [-0.05, 0) is 42.0 Å². The summed E-state index contributed by atoms with van der Waals surface area (Å²) in [5.74, 6) is 0.844. The molecule has 1 aromatic carbocycles. The summed E-state index contributed by atoms with van der Waals surface area (Å²) in [6.45, 7) is 3.23. The third-order valence-electron chi connectivity index (χ3n) is 5.58. The number of thiophene rings is 1. The van der Waals surface area contributed by atoms with Gasteiger partial charge < -0.3 is 24.2 Å². The van der Waals surface area contributed by atoms with E-state index in [1.54, 1.807) is 25.6 Å². The van der Waals surface area contributed by atoms with Crippen LogP contribution in [0.5, 0.6) is 5.75 Å². The maximum atomic E-state index is 13.4. The summed E-state index contributed by atoms with van der Waals surface area (Å²) in [5, 5.41) is 12.3. The molecule has 7 nitrogen and oxygen atoms in total. The number of fused-ring (bicyclic) bond motifs is 1. The van der Waals surface area contributed by atoms with Gasteiger partial charge >= 0.3 is 0 Å². The Morgan fingerprint density at radius 1 is 1.25 bits per heavy atom. The Hall–Kier alpha value is -1.97. The standard InChI is InChI=1S/C24H34N2O5S/c1-29-13-6-11-25(15-19(27)17-30-2)16-24(28)26-12-9-23-21(10-14-32-23)22(26)18-31-20-7-4-3-5-8-20/h3-5,7-8,10,14,19,22,27H,6,9,11-13,15-18H2,1-2H3/t19-,22+/m1/s1. The molecule has 1 N–H and O–H groups in total. The second-order valence-corrected chi connectivity index (χ2v) is 8.97. The van der Waals surface area contributed by atoms with Crippen LogP contribution in [-0.4, -0.2) is 87.1 Å². The SMILES string of the molecule is COCCCN(CC(=O)N1CCc2sccc2[C@@H]1COc1ccccc1)C[C@@H](O)COC. The predicted molar refractivity (Wildman–Crippen MR) is 125 cm³/mol. The lowest BCUT2D eigenvalue weighted by molar-refractivity contribution is -0.136. The fourth-order valence-electron chi connectivity index (χ4n) is 4.06. The molecule has 1 amide bonds. The van der Waals surface area contributed by atoms with Crippen LogP contribution in [0.25, 0.3) is 0 Å². The Bertz CT molecular complexity index is 816. The van der Waals surface area contributed by atoms with Gasteiger partial charge in [-0.15, -0.1) is 11.3 Å². The number of hydrogen-bond donors (Lipinski definition) is 1. The predicted octanol–water partition coefficient (Wildman–Crippen LogP) is 2.60. The normalized spacial score (nSPS) is 16.8. The number of amides is 1. The molecule has 0 saturated carbocycles. The van der Waals surface area contributed by atoms with Crippen LogP contribution in [0.3, 0.4) is 0 Å². The van der Waals surface area contributed by atoms with E-state index in [9.17, 15) is 9.90 Å². The third kappa shape index (κ3) is 7.02. The van der Waals surface area contributed by atoms with E-state index in [4.69, 9.17) is 14.2 Å². The fraction of sp³-hybridized carbons (Fsp3) is 0.542. The second kappa shape index (κ2) is 12.9. The molecule has 0 spiro atoms. The minimum absolute atomic E-state index is 0.0468. The van der Waals surface area contributed by atoms with Crippen molar-refractivity contribution in [3.63, 3.8) is 0 Å². The van der Waals surface area contributed by atoms with Crippen LogP contribution in [0.15, 0.2) is 41.8 Å². The average molecular weight is 463 g/mol. The van der Waals surface area contributed by atoms with E-state index >= 15 is 0 Å². The number of carbonyl (C=O) groups excluding carboxylic acids is 1. The Morgan fingerprint density at radius 2 is 2.06 bits per heavy atom. The molecule has 2 heterocycles. The Balaban J connectivity index is 1.69. The van der Waals surface area contributed by atoms with E-state index in [1.807, 2.05) is 40.1 Å². The minimum atomic E-state index is -0.641. The smallest absolute Gasteiger partial charge is 0.237 e. The minimum Gasteiger partial charge on any atom is -0.491 e. The van der Waals surface area contributed by atoms with Crippen LogP contribution in [0.4, 0.5) is 0 Å². The van der Waals surface area contributed by atoms with Crippen molar-refractivity contribution in [2.75, 3.05) is 60.2 Å². The molecule has 2 aromatic rings. The van der Waals surface area contributed by atoms with Gasteiger partial charge in [0.2, 0.25) is 5.91 Å². The lowest BCUT2D eigenvalue weighted by atomic mass is 10.0. The summed E-state index contributed by atoms with van der Waals surface area (Å²) in [6.07, 6.45) is 1.01. The van der Waals surface area contributed by atoms with Crippen LogP contribution in [0, 0.1) is 0 Å². The molecule has 176 valence electrons. The second-order valence-electron chi connectivity index (χ2n) is 7.97. The van der Waals surface area contributed by atoms with Crippen LogP contribution >= 0.6 is 11.3 Å². The number of ether oxygens (including phenoxy) is 3. The zero-order valence-electron chi connectivity index (χ0n) is 18.9. The number of nitrogens with zero attached hydrogens (tertiary/aromatic N) is 2. The average Bonchev–Trinajstić information content (AvgIpc) is 3.27. The first-order valence-corrected chi connectivity index (χ1v) is 11.9. The van der Waals surface area contributed by atoms with E-state index in [-0.39, 0.29) is 25.1 Å². The van der Waals surface area contributed by atoms with Crippen molar-refractivity contribution in [3.8, 4) is 5.75 Å². The van der Waals surface area contributed by atoms with Gasteiger partial charge in [-0.1, -0.05) is 18.2 Å². The van der Waals surface area contributed by atoms with Crippen molar-refractivity contribution in [2.24, 2.45) is 0 Å².